The van der Waals surface area contributed by atoms with Crippen molar-refractivity contribution >= 4 is 33.7 Å². The minimum absolute atomic E-state index is 0.00188. The molecule has 0 bridgehead atoms. The lowest BCUT2D eigenvalue weighted by Crippen LogP contribution is -2.22. The van der Waals surface area contributed by atoms with Crippen molar-refractivity contribution in [3.05, 3.63) is 28.7 Å². The first kappa shape index (κ1) is 14.1. The van der Waals surface area contributed by atoms with Gasteiger partial charge in [0.25, 0.3) is 0 Å². The molecular formula is C12H11BrN3O2S-. The number of aromatic nitrogens is 3. The molecule has 0 N–H and O–H groups in total. The normalized spacial score (nSPS) is 10.6. The Kier molecular flexibility index (Phi) is 4.60. The summed E-state index contributed by atoms with van der Waals surface area (Å²) in [5, 5.41) is 19.3. The molecule has 2 rings (SSSR count). The van der Waals surface area contributed by atoms with Crippen LogP contribution in [0.15, 0.2) is 33.9 Å². The summed E-state index contributed by atoms with van der Waals surface area (Å²) in [5.74, 6) is 0.105. The van der Waals surface area contributed by atoms with E-state index in [1.54, 1.807) is 0 Å². The van der Waals surface area contributed by atoms with E-state index >= 15 is 0 Å². The minimum Gasteiger partial charge on any atom is -0.550 e. The molecule has 2 aromatic rings. The Labute approximate surface area is 123 Å². The number of aliphatic carboxylic acids is 1. The first-order valence-corrected chi connectivity index (χ1v) is 7.34. The molecule has 1 aromatic carbocycles. The van der Waals surface area contributed by atoms with Crippen LogP contribution < -0.4 is 5.11 Å². The van der Waals surface area contributed by atoms with E-state index in [2.05, 4.69) is 26.1 Å². The number of carboxylic acid groups (broad SMARTS) is 1. The molecule has 0 saturated heterocycles. The molecule has 0 unspecified atom stereocenters. The molecule has 5 nitrogen and oxygen atoms in total. The molecule has 0 aliphatic heterocycles. The highest BCUT2D eigenvalue weighted by Gasteiger charge is 2.12. The maximum absolute atomic E-state index is 10.4. The van der Waals surface area contributed by atoms with Gasteiger partial charge in [-0.3, -0.25) is 0 Å². The van der Waals surface area contributed by atoms with Gasteiger partial charge in [0.05, 0.1) is 0 Å². The summed E-state index contributed by atoms with van der Waals surface area (Å²) in [5.41, 5.74) is 0.948. The number of hydrogen-bond acceptors (Lipinski definition) is 5. The second kappa shape index (κ2) is 6.21. The second-order valence-electron chi connectivity index (χ2n) is 3.82. The van der Waals surface area contributed by atoms with Gasteiger partial charge in [-0.25, -0.2) is 0 Å². The van der Waals surface area contributed by atoms with Gasteiger partial charge in [0.2, 0.25) is 0 Å². The van der Waals surface area contributed by atoms with E-state index in [0.717, 1.165) is 15.9 Å². The van der Waals surface area contributed by atoms with Crippen LogP contribution in [0.25, 0.3) is 11.4 Å². The molecule has 1 aromatic heterocycles. The molecule has 0 amide bonds. The zero-order chi connectivity index (χ0) is 13.8. The minimum atomic E-state index is -1.05. The van der Waals surface area contributed by atoms with Gasteiger partial charge in [-0.2, -0.15) is 0 Å². The largest absolute Gasteiger partial charge is 0.550 e. The van der Waals surface area contributed by atoms with Crippen LogP contribution in [-0.2, 0) is 11.8 Å². The summed E-state index contributed by atoms with van der Waals surface area (Å²) in [4.78, 5) is 10.4. The van der Waals surface area contributed by atoms with E-state index in [9.17, 15) is 9.90 Å². The fourth-order valence-corrected chi connectivity index (χ4v) is 2.84. The van der Waals surface area contributed by atoms with E-state index in [-0.39, 0.29) is 6.42 Å². The van der Waals surface area contributed by atoms with Crippen LogP contribution in [-0.4, -0.2) is 26.5 Å². The molecule has 0 saturated carbocycles. The predicted molar refractivity (Wildman–Crippen MR) is 74.5 cm³/mol. The van der Waals surface area contributed by atoms with Gasteiger partial charge in [-0.05, 0) is 12.5 Å². The number of benzene rings is 1. The van der Waals surface area contributed by atoms with Gasteiger partial charge in [0, 0.05) is 28.8 Å². The summed E-state index contributed by atoms with van der Waals surface area (Å²) in [7, 11) is 1.86. The predicted octanol–water partition coefficient (Wildman–Crippen LogP) is 1.48. The fraction of sp³-hybridized carbons (Fsp3) is 0.250. The van der Waals surface area contributed by atoms with Crippen LogP contribution in [0.2, 0.25) is 0 Å². The number of carbonyl (C=O) groups excluding carboxylic acids is 1. The molecule has 0 atom stereocenters. The standard InChI is InChI=1S/C12H12BrN3O2S/c1-16-11(8-4-2-3-5-9(8)13)14-15-12(16)19-7-6-10(17)18/h2-5H,6-7H2,1H3,(H,17,18)/p-1. The quantitative estimate of drug-likeness (QED) is 0.771. The van der Waals surface area contributed by atoms with Gasteiger partial charge in [-0.15, -0.1) is 10.2 Å². The van der Waals surface area contributed by atoms with Crippen molar-refractivity contribution in [3.8, 4) is 11.4 Å². The van der Waals surface area contributed by atoms with Gasteiger partial charge in [-0.1, -0.05) is 45.9 Å². The first-order valence-electron chi connectivity index (χ1n) is 5.56. The van der Waals surface area contributed by atoms with Crippen LogP contribution >= 0.6 is 27.7 Å². The zero-order valence-electron chi connectivity index (χ0n) is 10.2. The molecule has 0 aliphatic carbocycles. The van der Waals surface area contributed by atoms with Crippen LogP contribution in [0.1, 0.15) is 6.42 Å². The van der Waals surface area contributed by atoms with E-state index < -0.39 is 5.97 Å². The van der Waals surface area contributed by atoms with Crippen LogP contribution in [0.5, 0.6) is 0 Å². The Morgan fingerprint density at radius 2 is 2.16 bits per heavy atom. The highest BCUT2D eigenvalue weighted by atomic mass is 79.9. The average molecular weight is 341 g/mol. The Bertz CT molecular complexity index is 600. The fourth-order valence-electron chi connectivity index (χ4n) is 1.54. The van der Waals surface area contributed by atoms with Gasteiger partial charge >= 0.3 is 0 Å². The first-order chi connectivity index (χ1) is 9.09. The highest BCUT2D eigenvalue weighted by Crippen LogP contribution is 2.28. The van der Waals surface area contributed by atoms with Crippen molar-refractivity contribution in [3.63, 3.8) is 0 Å². The molecule has 0 fully saturated rings. The third-order valence-corrected chi connectivity index (χ3v) is 4.20. The lowest BCUT2D eigenvalue weighted by Gasteiger charge is -2.05. The topological polar surface area (TPSA) is 70.8 Å². The van der Waals surface area contributed by atoms with E-state index in [0.29, 0.717) is 10.9 Å². The van der Waals surface area contributed by atoms with E-state index in [1.165, 1.54) is 11.8 Å². The smallest absolute Gasteiger partial charge is 0.191 e. The molecule has 7 heteroatoms. The lowest BCUT2D eigenvalue weighted by atomic mass is 10.2. The molecule has 0 radical (unpaired) electrons. The third kappa shape index (κ3) is 3.36. The number of carboxylic acids is 1. The molecule has 1 heterocycles. The van der Waals surface area contributed by atoms with Crippen molar-refractivity contribution in [2.45, 2.75) is 11.6 Å². The van der Waals surface area contributed by atoms with Crippen molar-refractivity contribution in [1.29, 1.82) is 0 Å². The average Bonchev–Trinajstić information content (AvgIpc) is 2.72. The summed E-state index contributed by atoms with van der Waals surface area (Å²) in [6.07, 6.45) is 0.00188. The number of thioether (sulfide) groups is 1. The number of halogens is 1. The Morgan fingerprint density at radius 1 is 1.42 bits per heavy atom. The van der Waals surface area contributed by atoms with E-state index in [4.69, 9.17) is 0 Å². The number of carbonyl (C=O) groups is 1. The lowest BCUT2D eigenvalue weighted by molar-refractivity contribution is -0.305. The van der Waals surface area contributed by atoms with Crippen molar-refractivity contribution < 1.29 is 9.90 Å². The summed E-state index contributed by atoms with van der Waals surface area (Å²) >= 11 is 4.82. The molecule has 0 spiro atoms. The van der Waals surface area contributed by atoms with E-state index in [1.807, 2.05) is 35.9 Å². The zero-order valence-corrected chi connectivity index (χ0v) is 12.6. The number of hydrogen-bond donors (Lipinski definition) is 0. The number of nitrogens with zero attached hydrogens (tertiary/aromatic N) is 3. The molecule has 0 aliphatic rings. The SMILES string of the molecule is Cn1c(SCCC(=O)[O-])nnc1-c1ccccc1Br. The van der Waals surface area contributed by atoms with Gasteiger partial charge in [0.1, 0.15) is 0 Å². The van der Waals surface area contributed by atoms with Gasteiger partial charge < -0.3 is 14.5 Å². The van der Waals surface area contributed by atoms with Crippen LogP contribution in [0.4, 0.5) is 0 Å². The van der Waals surface area contributed by atoms with Crippen molar-refractivity contribution in [2.24, 2.45) is 7.05 Å². The summed E-state index contributed by atoms with van der Waals surface area (Å²) in [6, 6.07) is 7.74. The van der Waals surface area contributed by atoms with Crippen LogP contribution in [0.3, 0.4) is 0 Å². The number of rotatable bonds is 5. The van der Waals surface area contributed by atoms with Crippen molar-refractivity contribution in [1.82, 2.24) is 14.8 Å². The maximum atomic E-state index is 10.4. The molecule has 100 valence electrons. The Morgan fingerprint density at radius 3 is 2.84 bits per heavy atom. The van der Waals surface area contributed by atoms with Gasteiger partial charge in [0.15, 0.2) is 11.0 Å². The van der Waals surface area contributed by atoms with Crippen LogP contribution in [0, 0.1) is 0 Å². The summed E-state index contributed by atoms with van der Waals surface area (Å²) < 4.78 is 2.79. The molecular weight excluding hydrogens is 330 g/mol. The summed E-state index contributed by atoms with van der Waals surface area (Å²) in [6.45, 7) is 0. The third-order valence-electron chi connectivity index (χ3n) is 2.49. The molecule has 19 heavy (non-hydrogen) atoms. The Balaban J connectivity index is 2.19. The highest BCUT2D eigenvalue weighted by molar-refractivity contribution is 9.10. The Hall–Kier alpha value is -1.34. The second-order valence-corrected chi connectivity index (χ2v) is 5.73. The monoisotopic (exact) mass is 340 g/mol. The maximum Gasteiger partial charge on any atom is 0.191 e. The van der Waals surface area contributed by atoms with Crippen molar-refractivity contribution in [2.75, 3.05) is 5.75 Å².